The minimum Gasteiger partial charge on any atom is -0.628 e. The molecule has 0 spiro atoms. The molecule has 2 aliphatic rings. The normalized spacial score (nSPS) is 13.0. The number of imidazole rings is 2. The zero-order valence-corrected chi connectivity index (χ0v) is 49.4. The van der Waals surface area contributed by atoms with Gasteiger partial charge in [-0.15, -0.1) is 17.0 Å². The number of para-hydroxylation sites is 4. The van der Waals surface area contributed by atoms with Crippen molar-refractivity contribution in [3.05, 3.63) is 205 Å². The summed E-state index contributed by atoms with van der Waals surface area (Å²) in [7, 11) is 0. The van der Waals surface area contributed by atoms with E-state index in [0.717, 1.165) is 4.88 Å². The number of fused-ring (bicyclic) bond motifs is 1. The molecule has 9 rings (SSSR count). The van der Waals surface area contributed by atoms with Crippen molar-refractivity contribution in [2.45, 2.75) is 158 Å². The van der Waals surface area contributed by atoms with Crippen molar-refractivity contribution >= 4 is 28.8 Å². The van der Waals surface area contributed by atoms with Gasteiger partial charge >= 0.3 is 34.1 Å². The second kappa shape index (κ2) is 26.0. The van der Waals surface area contributed by atoms with E-state index in [4.69, 9.17) is 0 Å². The molecule has 5 heterocycles. The standard InChI is InChI=1S/2C27H36N2.C10H6N2O2S.2Cu/c2*1-18(2)22-11-9-12-23(19(3)4)26(22)28-15-16-29(17-28)27-24(20(5)6)13-10-14-25(27)21(7)8;13-9-5-4-11-10(14)7(5)8(12-9)6-2-1-3-15-6;;/h2*9-16,18-21H,1-8H3;1-4H,(H2,11,12,13,14);;/q;;;2*+2/p-2. The van der Waals surface area contributed by atoms with Crippen LogP contribution in [0.3, 0.4) is 0 Å². The average molecular weight is 1120 g/mol. The van der Waals surface area contributed by atoms with Gasteiger partial charge < -0.3 is 20.2 Å². The van der Waals surface area contributed by atoms with Crippen LogP contribution < -0.4 is 9.13 Å². The van der Waals surface area contributed by atoms with Gasteiger partial charge in [-0.3, -0.25) is 18.3 Å². The molecule has 0 aliphatic carbocycles. The number of nitrogens with zero attached hydrogens (tertiary/aromatic N) is 6. The average Bonchev–Trinajstić information content (AvgIpc) is 4.23. The van der Waals surface area contributed by atoms with E-state index >= 15 is 0 Å². The molecule has 11 heteroatoms. The Kier molecular flexibility index (Phi) is 20.9. The van der Waals surface area contributed by atoms with Crippen LogP contribution in [0.5, 0.6) is 0 Å². The number of amides is 2. The second-order valence-corrected chi connectivity index (χ2v) is 22.7. The Labute approximate surface area is 473 Å². The summed E-state index contributed by atoms with van der Waals surface area (Å²) in [5, 5.41) is 9.34. The second-order valence-electron chi connectivity index (χ2n) is 21.7. The van der Waals surface area contributed by atoms with Gasteiger partial charge in [0.15, 0.2) is 0 Å². The molecule has 0 unspecified atom stereocenters. The molecule has 0 saturated heterocycles. The van der Waals surface area contributed by atoms with Gasteiger partial charge in [0.1, 0.15) is 0 Å². The molecule has 3 aromatic heterocycles. The zero-order chi connectivity index (χ0) is 53.0. The monoisotopic (exact) mass is 1120 g/mol. The molecular weight excluding hydrogens is 1040 g/mol. The summed E-state index contributed by atoms with van der Waals surface area (Å²) in [6.45, 7) is 36.3. The van der Waals surface area contributed by atoms with E-state index in [-0.39, 0.29) is 46.0 Å². The third-order valence-corrected chi connectivity index (χ3v) is 14.6. The molecule has 2 radical (unpaired) electrons. The van der Waals surface area contributed by atoms with Gasteiger partial charge in [0, 0.05) is 29.7 Å². The SMILES string of the molecule is CC(C)c1cccc(C(C)C)c1-n1[c-][n+](-c2c(C(C)C)cccc2C(C)C)cc1.CC(C)c1cccc(C(C)C)c1-n1[c-][n+](-c2c(C(C)C)cccc2C(C)C)cc1.O=C1[N-]C(c2cccs2)=C2C(=O)[N-]C=C12.[Cu+2].[Cu+2]. The first-order valence-corrected chi connectivity index (χ1v) is 27.2. The zero-order valence-electron chi connectivity index (χ0n) is 46.7. The predicted molar refractivity (Wildman–Crippen MR) is 301 cm³/mol. The van der Waals surface area contributed by atoms with Gasteiger partial charge in [-0.05, 0) is 114 Å². The fourth-order valence-electron chi connectivity index (χ4n) is 9.86. The molecule has 7 aromatic rings. The van der Waals surface area contributed by atoms with E-state index in [1.807, 2.05) is 17.5 Å². The molecule has 0 atom stereocenters. The summed E-state index contributed by atoms with van der Waals surface area (Å²) in [5.41, 5.74) is 17.2. The van der Waals surface area contributed by atoms with Crippen LogP contribution in [0.1, 0.15) is 208 Å². The topological polar surface area (TPSA) is 80.0 Å². The van der Waals surface area contributed by atoms with Crippen molar-refractivity contribution in [3.63, 3.8) is 0 Å². The molecule has 0 bridgehead atoms. The summed E-state index contributed by atoms with van der Waals surface area (Å²) in [6, 6.07) is 30.5. The van der Waals surface area contributed by atoms with E-state index < -0.39 is 0 Å². The van der Waals surface area contributed by atoms with Crippen LogP contribution in [0.15, 0.2) is 132 Å². The van der Waals surface area contributed by atoms with Gasteiger partial charge in [0.25, 0.3) is 12.7 Å². The molecule has 0 fully saturated rings. The van der Waals surface area contributed by atoms with Crippen LogP contribution in [-0.2, 0) is 43.7 Å². The van der Waals surface area contributed by atoms with Gasteiger partial charge in [-0.25, -0.2) is 0 Å². The van der Waals surface area contributed by atoms with Crippen LogP contribution in [0.25, 0.3) is 39.1 Å². The minimum atomic E-state index is -0.372. The number of aromatic nitrogens is 4. The summed E-state index contributed by atoms with van der Waals surface area (Å²) in [5.74, 6) is 2.94. The maximum atomic E-state index is 11.4. The first-order chi connectivity index (χ1) is 34.7. The molecule has 400 valence electrons. The minimum absolute atomic E-state index is 0. The summed E-state index contributed by atoms with van der Waals surface area (Å²) < 4.78 is 8.80. The van der Waals surface area contributed by atoms with E-state index in [9.17, 15) is 9.59 Å². The Hall–Kier alpha value is -5.54. The van der Waals surface area contributed by atoms with Crippen molar-refractivity contribution in [3.8, 4) is 22.7 Å². The van der Waals surface area contributed by atoms with E-state index in [1.54, 1.807) is 0 Å². The van der Waals surface area contributed by atoms with Crippen LogP contribution in [-0.4, -0.2) is 20.9 Å². The summed E-state index contributed by atoms with van der Waals surface area (Å²) in [4.78, 5) is 23.7. The van der Waals surface area contributed by atoms with Crippen LogP contribution >= 0.6 is 11.3 Å². The van der Waals surface area contributed by atoms with Crippen molar-refractivity contribution in [1.82, 2.24) is 9.13 Å². The van der Waals surface area contributed by atoms with Crippen molar-refractivity contribution in [2.75, 3.05) is 0 Å². The molecule has 2 aliphatic heterocycles. The first kappa shape index (κ1) is 60.3. The number of carbonyl (C=O) groups excluding carboxylic acids is 2. The van der Waals surface area contributed by atoms with Crippen LogP contribution in [0, 0.1) is 12.7 Å². The summed E-state index contributed by atoms with van der Waals surface area (Å²) >= 11 is 1.45. The number of carbonyl (C=O) groups is 2. The third-order valence-electron chi connectivity index (χ3n) is 13.7. The number of rotatable bonds is 13. The Morgan fingerprint density at radius 2 is 0.787 bits per heavy atom. The van der Waals surface area contributed by atoms with Gasteiger partial charge in [-0.1, -0.05) is 190 Å². The van der Waals surface area contributed by atoms with Gasteiger partial charge in [0.05, 0.1) is 34.6 Å². The smallest absolute Gasteiger partial charge is 0.628 e. The van der Waals surface area contributed by atoms with Crippen molar-refractivity contribution in [2.24, 2.45) is 0 Å². The summed E-state index contributed by atoms with van der Waals surface area (Å²) in [6.07, 6.45) is 17.3. The molecule has 0 saturated carbocycles. The Bertz CT molecular complexity index is 2720. The van der Waals surface area contributed by atoms with Crippen molar-refractivity contribution < 1.29 is 52.9 Å². The maximum absolute atomic E-state index is 11.4. The van der Waals surface area contributed by atoms with Crippen LogP contribution in [0.2, 0.25) is 0 Å². The Morgan fingerprint density at radius 3 is 1.09 bits per heavy atom. The van der Waals surface area contributed by atoms with E-state index in [2.05, 4.69) is 250 Å². The molecule has 4 aromatic carbocycles. The number of benzene rings is 4. The largest absolute Gasteiger partial charge is 2.00 e. The van der Waals surface area contributed by atoms with E-state index in [1.165, 1.54) is 84.8 Å². The fraction of sp³-hybridized carbons (Fsp3) is 0.375. The molecular formula is C64H76Cu2N6O2S+2. The van der Waals surface area contributed by atoms with Gasteiger partial charge in [-0.2, -0.15) is 6.20 Å². The Balaban J connectivity index is 0.000000215. The quantitative estimate of drug-likeness (QED) is 0.0655. The number of hydrogen-bond donors (Lipinski definition) is 0. The molecule has 2 amide bonds. The number of hydrogen-bond acceptors (Lipinski definition) is 3. The molecule has 75 heavy (non-hydrogen) atoms. The molecule has 8 nitrogen and oxygen atoms in total. The van der Waals surface area contributed by atoms with Crippen LogP contribution in [0.4, 0.5) is 0 Å². The third kappa shape index (κ3) is 13.0. The predicted octanol–water partition coefficient (Wildman–Crippen LogP) is 16.3. The number of thiophene rings is 1. The first-order valence-electron chi connectivity index (χ1n) is 26.3. The van der Waals surface area contributed by atoms with Crippen molar-refractivity contribution in [1.29, 1.82) is 0 Å². The van der Waals surface area contributed by atoms with Gasteiger partial charge in [0.2, 0.25) is 0 Å². The Morgan fingerprint density at radius 1 is 0.453 bits per heavy atom. The maximum Gasteiger partial charge on any atom is 2.00 e. The molecule has 0 N–H and O–H groups in total. The fourth-order valence-corrected chi connectivity index (χ4v) is 10.6. The van der Waals surface area contributed by atoms with E-state index in [0.29, 0.717) is 64.2 Å².